The molecule has 0 aliphatic heterocycles. The molecule has 0 unspecified atom stereocenters. The van der Waals surface area contributed by atoms with E-state index in [0.717, 1.165) is 11.4 Å². The summed E-state index contributed by atoms with van der Waals surface area (Å²) in [5.41, 5.74) is 4.02. The van der Waals surface area contributed by atoms with Gasteiger partial charge in [0.2, 0.25) is 0 Å². The van der Waals surface area contributed by atoms with Crippen LogP contribution in [0.25, 0.3) is 5.57 Å². The second kappa shape index (κ2) is 12.8. The minimum absolute atomic E-state index is 0. The van der Waals surface area contributed by atoms with Crippen LogP contribution in [0, 0.1) is 14.4 Å². The number of hydrogen-bond donors (Lipinski definition) is 0. The van der Waals surface area contributed by atoms with Crippen LogP contribution in [-0.4, -0.2) is 0 Å². The molecule has 0 radical (unpaired) electrons. The first-order chi connectivity index (χ1) is 7.77. The number of benzene rings is 1. The van der Waals surface area contributed by atoms with Crippen molar-refractivity contribution >= 4 is 17.2 Å². The van der Waals surface area contributed by atoms with Crippen molar-refractivity contribution in [2.24, 2.45) is 0 Å². The van der Waals surface area contributed by atoms with Crippen molar-refractivity contribution in [3.8, 4) is 0 Å². The molecule has 0 saturated heterocycles. The maximum Gasteiger partial charge on any atom is 2.00 e. The number of rotatable bonds is 1. The molecule has 2 heteroatoms. The van der Waals surface area contributed by atoms with E-state index in [0.29, 0.717) is 0 Å². The van der Waals surface area contributed by atoms with Crippen LogP contribution in [0.2, 0.25) is 5.02 Å². The summed E-state index contributed by atoms with van der Waals surface area (Å²) in [6.45, 7) is 8.12. The van der Waals surface area contributed by atoms with Gasteiger partial charge in [0.25, 0.3) is 0 Å². The second-order valence-corrected chi connectivity index (χ2v) is 4.23. The van der Waals surface area contributed by atoms with Crippen LogP contribution in [0.15, 0.2) is 29.8 Å². The molecule has 0 atom stereocenters. The van der Waals surface area contributed by atoms with Crippen LogP contribution in [-0.2, 0) is 21.1 Å². The zero-order valence-electron chi connectivity index (χ0n) is 11.6. The summed E-state index contributed by atoms with van der Waals surface area (Å²) in [5, 5.41) is 0.802. The first-order valence-corrected chi connectivity index (χ1v) is 6.45. The maximum atomic E-state index is 5.86. The number of allylic oxidation sites excluding steroid dienone is 2. The van der Waals surface area contributed by atoms with E-state index >= 15 is 0 Å². The van der Waals surface area contributed by atoms with E-state index in [1.165, 1.54) is 36.0 Å². The van der Waals surface area contributed by atoms with Gasteiger partial charge in [0.05, 0.1) is 0 Å². The van der Waals surface area contributed by atoms with E-state index in [1.807, 2.05) is 26.0 Å². The van der Waals surface area contributed by atoms with E-state index in [1.54, 1.807) is 0 Å². The maximum absolute atomic E-state index is 5.86. The fraction of sp³-hybridized carbons (Fsp3) is 0.412. The van der Waals surface area contributed by atoms with Crippen LogP contribution in [0.3, 0.4) is 0 Å². The normalized spacial score (nSPS) is 13.0. The molecule has 0 spiro atoms. The molecule has 0 saturated carbocycles. The van der Waals surface area contributed by atoms with Gasteiger partial charge in [-0.2, -0.15) is 5.57 Å². The average Bonchev–Trinajstić information content (AvgIpc) is 2.34. The van der Waals surface area contributed by atoms with E-state index in [9.17, 15) is 0 Å². The third-order valence-electron chi connectivity index (χ3n) is 2.77. The van der Waals surface area contributed by atoms with Crippen LogP contribution in [0.1, 0.15) is 52.5 Å². The van der Waals surface area contributed by atoms with E-state index < -0.39 is 0 Å². The van der Waals surface area contributed by atoms with Crippen molar-refractivity contribution in [3.05, 3.63) is 54.8 Å². The van der Waals surface area contributed by atoms with Crippen molar-refractivity contribution in [2.75, 3.05) is 0 Å². The molecular weight excluding hydrogens is 423 g/mol. The Hall–Kier alpha value is -0.192. The summed E-state index contributed by atoms with van der Waals surface area (Å²) in [5.74, 6) is 0. The standard InChI is InChI=1S/C13H14Cl.C2H6.CH4.CH3.W/c1-10-4-2-3-5-13(10)11-6-8-12(14)9-7-11;1-2;;;/h6-9H,1-5H2;1-2H3;1H4;1H3;/q-1;;;-1;+2. The van der Waals surface area contributed by atoms with Gasteiger partial charge in [-0.25, -0.2) is 12.5 Å². The molecule has 0 aromatic heterocycles. The summed E-state index contributed by atoms with van der Waals surface area (Å²) >= 11 is 5.86. The molecule has 2 rings (SSSR count). The minimum atomic E-state index is 0. The van der Waals surface area contributed by atoms with Crippen LogP contribution >= 0.6 is 11.6 Å². The quantitative estimate of drug-likeness (QED) is 0.422. The second-order valence-electron chi connectivity index (χ2n) is 3.80. The molecule has 0 heterocycles. The Morgan fingerprint density at radius 2 is 1.47 bits per heavy atom. The third-order valence-corrected chi connectivity index (χ3v) is 3.03. The molecule has 0 amide bonds. The number of hydrogen-bond acceptors (Lipinski definition) is 0. The Morgan fingerprint density at radius 3 is 1.95 bits per heavy atom. The Bertz CT molecular complexity index is 352. The first kappa shape index (κ1) is 23.9. The zero-order chi connectivity index (χ0) is 12.0. The summed E-state index contributed by atoms with van der Waals surface area (Å²) in [4.78, 5) is 0. The van der Waals surface area contributed by atoms with Crippen LogP contribution < -0.4 is 0 Å². The predicted octanol–water partition coefficient (Wildman–Crippen LogP) is 6.61. The average molecular weight is 451 g/mol. The Labute approximate surface area is 139 Å². The summed E-state index contributed by atoms with van der Waals surface area (Å²) in [7, 11) is 0. The van der Waals surface area contributed by atoms with E-state index in [-0.39, 0.29) is 35.9 Å². The Kier molecular flexibility index (Phi) is 16.1. The molecule has 0 nitrogen and oxygen atoms in total. The Morgan fingerprint density at radius 1 is 1.00 bits per heavy atom. The molecular formula is C17H27ClW. The van der Waals surface area contributed by atoms with Crippen LogP contribution in [0.5, 0.6) is 0 Å². The SMILES string of the molecule is C.CC.[CH2-]C1=C(c2ccc(Cl)cc2)CCCC1.[CH3-].[W+2]. The topological polar surface area (TPSA) is 0 Å². The van der Waals surface area contributed by atoms with Crippen molar-refractivity contribution < 1.29 is 21.1 Å². The monoisotopic (exact) mass is 450 g/mol. The van der Waals surface area contributed by atoms with Gasteiger partial charge in [0.1, 0.15) is 0 Å². The van der Waals surface area contributed by atoms with E-state index in [2.05, 4.69) is 19.1 Å². The molecule has 1 aromatic rings. The molecule has 0 N–H and O–H groups in total. The molecule has 19 heavy (non-hydrogen) atoms. The Balaban J connectivity index is -0.000000489. The van der Waals surface area contributed by atoms with Gasteiger partial charge in [-0.1, -0.05) is 70.7 Å². The van der Waals surface area contributed by atoms with Crippen molar-refractivity contribution in [1.82, 2.24) is 0 Å². The van der Waals surface area contributed by atoms with Gasteiger partial charge in [0, 0.05) is 5.02 Å². The minimum Gasteiger partial charge on any atom is -0.358 e. The largest absolute Gasteiger partial charge is 2.00 e. The summed E-state index contributed by atoms with van der Waals surface area (Å²) in [6.07, 6.45) is 4.89. The van der Waals surface area contributed by atoms with Gasteiger partial charge < -0.3 is 7.43 Å². The van der Waals surface area contributed by atoms with Gasteiger partial charge in [-0.15, -0.1) is 5.56 Å². The summed E-state index contributed by atoms with van der Waals surface area (Å²) < 4.78 is 0. The molecule has 1 aromatic carbocycles. The van der Waals surface area contributed by atoms with Gasteiger partial charge >= 0.3 is 21.1 Å². The smallest absolute Gasteiger partial charge is 0.358 e. The summed E-state index contributed by atoms with van der Waals surface area (Å²) in [6, 6.07) is 8.08. The zero-order valence-corrected chi connectivity index (χ0v) is 15.3. The molecule has 0 fully saturated rings. The van der Waals surface area contributed by atoms with Crippen molar-refractivity contribution in [2.45, 2.75) is 47.0 Å². The fourth-order valence-electron chi connectivity index (χ4n) is 1.97. The molecule has 0 bridgehead atoms. The van der Waals surface area contributed by atoms with Crippen molar-refractivity contribution in [1.29, 1.82) is 0 Å². The van der Waals surface area contributed by atoms with E-state index in [4.69, 9.17) is 11.6 Å². The van der Waals surface area contributed by atoms with Crippen LogP contribution in [0.4, 0.5) is 0 Å². The van der Waals surface area contributed by atoms with Crippen molar-refractivity contribution in [3.63, 3.8) is 0 Å². The third kappa shape index (κ3) is 7.23. The first-order valence-electron chi connectivity index (χ1n) is 6.07. The predicted molar refractivity (Wildman–Crippen MR) is 86.7 cm³/mol. The van der Waals surface area contributed by atoms with Gasteiger partial charge in [-0.3, -0.25) is 0 Å². The van der Waals surface area contributed by atoms with Gasteiger partial charge in [-0.05, 0) is 12.1 Å². The molecule has 1 aliphatic rings. The fourth-order valence-corrected chi connectivity index (χ4v) is 2.09. The molecule has 1 aliphatic carbocycles. The number of halogens is 1. The van der Waals surface area contributed by atoms with Gasteiger partial charge in [0.15, 0.2) is 0 Å². The molecule has 108 valence electrons.